The van der Waals surface area contributed by atoms with E-state index in [4.69, 9.17) is 4.74 Å². The third-order valence-corrected chi connectivity index (χ3v) is 3.71. The van der Waals surface area contributed by atoms with Crippen molar-refractivity contribution >= 4 is 5.91 Å². The van der Waals surface area contributed by atoms with Crippen LogP contribution in [0.25, 0.3) is 0 Å². The molecule has 0 saturated carbocycles. The number of hydrogen-bond donors (Lipinski definition) is 0. The number of aromatic nitrogens is 4. The number of nitrogens with zero attached hydrogens (tertiary/aromatic N) is 5. The average Bonchev–Trinajstić information content (AvgIpc) is 3.02. The van der Waals surface area contributed by atoms with Gasteiger partial charge in [-0.2, -0.15) is 23.4 Å². The molecule has 0 bridgehead atoms. The summed E-state index contributed by atoms with van der Waals surface area (Å²) in [7, 11) is 1.47. The fourth-order valence-corrected chi connectivity index (χ4v) is 2.46. The zero-order chi connectivity index (χ0) is 17.3. The van der Waals surface area contributed by atoms with Crippen LogP contribution < -0.4 is 4.74 Å². The molecule has 2 aromatic rings. The van der Waals surface area contributed by atoms with Gasteiger partial charge < -0.3 is 9.64 Å². The number of methoxy groups -OCH3 is 1. The molecular weight excluding hydrogens is 327 g/mol. The first kappa shape index (κ1) is 16.2. The fourth-order valence-electron chi connectivity index (χ4n) is 2.46. The number of carbonyl (C=O) groups is 1. The molecule has 2 aromatic heterocycles. The van der Waals surface area contributed by atoms with Crippen LogP contribution in [-0.2, 0) is 30.5 Å². The van der Waals surface area contributed by atoms with Gasteiger partial charge in [0.1, 0.15) is 6.54 Å². The number of alkyl halides is 3. The SMILES string of the molecule is COc1cc2c(nn1)CCN(C(=O)Cn1ccc(C(F)(F)F)n1)C2. The zero-order valence-corrected chi connectivity index (χ0v) is 12.7. The zero-order valence-electron chi connectivity index (χ0n) is 12.7. The van der Waals surface area contributed by atoms with Crippen LogP contribution in [-0.4, -0.2) is 44.4 Å². The number of amides is 1. The van der Waals surface area contributed by atoms with E-state index in [0.29, 0.717) is 25.4 Å². The highest BCUT2D eigenvalue weighted by molar-refractivity contribution is 5.76. The number of halogens is 3. The van der Waals surface area contributed by atoms with Crippen LogP contribution in [0.4, 0.5) is 13.2 Å². The standard InChI is InChI=1S/C14H14F3N5O2/c1-24-12-6-9-7-21(4-2-10(9)18-19-12)13(23)8-22-5-3-11(20-22)14(15,16)17/h3,5-6H,2,4,7-8H2,1H3. The number of fused-ring (bicyclic) bond motifs is 1. The van der Waals surface area contributed by atoms with Crippen LogP contribution in [0.1, 0.15) is 17.0 Å². The van der Waals surface area contributed by atoms with Crippen LogP contribution in [0.15, 0.2) is 18.3 Å². The summed E-state index contributed by atoms with van der Waals surface area (Å²) in [5, 5.41) is 11.3. The molecule has 1 aliphatic heterocycles. The Morgan fingerprint density at radius 3 is 2.83 bits per heavy atom. The number of rotatable bonds is 3. The Morgan fingerprint density at radius 1 is 1.38 bits per heavy atom. The van der Waals surface area contributed by atoms with Gasteiger partial charge in [0.2, 0.25) is 11.8 Å². The molecule has 7 nitrogen and oxygen atoms in total. The van der Waals surface area contributed by atoms with E-state index in [9.17, 15) is 18.0 Å². The van der Waals surface area contributed by atoms with Crippen molar-refractivity contribution in [1.82, 2.24) is 24.9 Å². The highest BCUT2D eigenvalue weighted by Crippen LogP contribution is 2.27. The number of ether oxygens (including phenoxy) is 1. The number of carbonyl (C=O) groups excluding carboxylic acids is 1. The van der Waals surface area contributed by atoms with E-state index in [-0.39, 0.29) is 12.5 Å². The molecule has 0 unspecified atom stereocenters. The topological polar surface area (TPSA) is 73.1 Å². The molecule has 0 fully saturated rings. The summed E-state index contributed by atoms with van der Waals surface area (Å²) in [6.07, 6.45) is -2.84. The summed E-state index contributed by atoms with van der Waals surface area (Å²) in [5.74, 6) is 0.0400. The molecule has 0 aliphatic carbocycles. The average molecular weight is 341 g/mol. The summed E-state index contributed by atoms with van der Waals surface area (Å²) in [4.78, 5) is 13.9. The van der Waals surface area contributed by atoms with Gasteiger partial charge in [-0.25, -0.2) is 0 Å². The Hall–Kier alpha value is -2.65. The van der Waals surface area contributed by atoms with Crippen molar-refractivity contribution in [2.24, 2.45) is 0 Å². The van der Waals surface area contributed by atoms with Crippen molar-refractivity contribution < 1.29 is 22.7 Å². The molecule has 1 aliphatic rings. The molecule has 128 valence electrons. The van der Waals surface area contributed by atoms with E-state index in [1.54, 1.807) is 11.0 Å². The van der Waals surface area contributed by atoms with E-state index in [2.05, 4.69) is 15.3 Å². The lowest BCUT2D eigenvalue weighted by Gasteiger charge is -2.28. The summed E-state index contributed by atoms with van der Waals surface area (Å²) >= 11 is 0. The van der Waals surface area contributed by atoms with Crippen LogP contribution >= 0.6 is 0 Å². The van der Waals surface area contributed by atoms with E-state index in [0.717, 1.165) is 28.2 Å². The van der Waals surface area contributed by atoms with Gasteiger partial charge in [0, 0.05) is 37.3 Å². The highest BCUT2D eigenvalue weighted by Gasteiger charge is 2.33. The molecule has 10 heteroatoms. The van der Waals surface area contributed by atoms with Gasteiger partial charge in [0.15, 0.2) is 5.69 Å². The predicted molar refractivity (Wildman–Crippen MR) is 74.9 cm³/mol. The third-order valence-electron chi connectivity index (χ3n) is 3.71. The van der Waals surface area contributed by atoms with Crippen molar-refractivity contribution in [1.29, 1.82) is 0 Å². The minimum absolute atomic E-state index is 0.249. The van der Waals surface area contributed by atoms with Crippen molar-refractivity contribution in [2.75, 3.05) is 13.7 Å². The largest absolute Gasteiger partial charge is 0.480 e. The van der Waals surface area contributed by atoms with Gasteiger partial charge in [-0.15, -0.1) is 5.10 Å². The minimum Gasteiger partial charge on any atom is -0.480 e. The van der Waals surface area contributed by atoms with Crippen LogP contribution in [0.3, 0.4) is 0 Å². The summed E-state index contributed by atoms with van der Waals surface area (Å²) in [6.45, 7) is 0.495. The number of hydrogen-bond acceptors (Lipinski definition) is 5. The second-order valence-corrected chi connectivity index (χ2v) is 5.32. The summed E-state index contributed by atoms with van der Waals surface area (Å²) < 4.78 is 43.6. The molecule has 0 spiro atoms. The van der Waals surface area contributed by atoms with Crippen molar-refractivity contribution in [3.05, 3.63) is 35.3 Å². The van der Waals surface area contributed by atoms with Gasteiger partial charge in [-0.3, -0.25) is 9.48 Å². The van der Waals surface area contributed by atoms with Gasteiger partial charge in [0.05, 0.1) is 12.8 Å². The van der Waals surface area contributed by atoms with Gasteiger partial charge >= 0.3 is 6.18 Å². The third kappa shape index (κ3) is 3.31. The van der Waals surface area contributed by atoms with E-state index >= 15 is 0 Å². The molecule has 1 amide bonds. The molecular formula is C14H14F3N5O2. The maximum atomic E-state index is 12.5. The predicted octanol–water partition coefficient (Wildman–Crippen LogP) is 1.29. The Balaban J connectivity index is 1.69. The highest BCUT2D eigenvalue weighted by atomic mass is 19.4. The van der Waals surface area contributed by atoms with Crippen molar-refractivity contribution in [3.8, 4) is 5.88 Å². The molecule has 3 rings (SSSR count). The maximum absolute atomic E-state index is 12.5. The molecule has 0 N–H and O–H groups in total. The lowest BCUT2D eigenvalue weighted by molar-refractivity contribution is -0.142. The van der Waals surface area contributed by atoms with Crippen molar-refractivity contribution in [3.63, 3.8) is 0 Å². The lowest BCUT2D eigenvalue weighted by atomic mass is 10.1. The molecule has 0 atom stereocenters. The Morgan fingerprint density at radius 2 is 2.17 bits per heavy atom. The van der Waals surface area contributed by atoms with Gasteiger partial charge in [0.25, 0.3) is 0 Å². The van der Waals surface area contributed by atoms with Crippen LogP contribution in [0.5, 0.6) is 5.88 Å². The monoisotopic (exact) mass is 341 g/mol. The van der Waals surface area contributed by atoms with E-state index < -0.39 is 11.9 Å². The summed E-state index contributed by atoms with van der Waals surface area (Å²) in [5.41, 5.74) is 0.593. The normalized spacial score (nSPS) is 14.4. The quantitative estimate of drug-likeness (QED) is 0.841. The van der Waals surface area contributed by atoms with Gasteiger partial charge in [-0.05, 0) is 6.07 Å². The second kappa shape index (κ2) is 6.10. The first-order valence-electron chi connectivity index (χ1n) is 7.14. The van der Waals surface area contributed by atoms with Crippen LogP contribution in [0.2, 0.25) is 0 Å². The Bertz CT molecular complexity index is 759. The van der Waals surface area contributed by atoms with Crippen molar-refractivity contribution in [2.45, 2.75) is 25.7 Å². The Kier molecular flexibility index (Phi) is 4.12. The molecule has 0 saturated heterocycles. The minimum atomic E-state index is -4.52. The van der Waals surface area contributed by atoms with Crippen LogP contribution in [0, 0.1) is 0 Å². The first-order valence-corrected chi connectivity index (χ1v) is 7.14. The van der Waals surface area contributed by atoms with E-state index in [1.165, 1.54) is 7.11 Å². The maximum Gasteiger partial charge on any atom is 0.435 e. The second-order valence-electron chi connectivity index (χ2n) is 5.32. The first-order chi connectivity index (χ1) is 11.4. The lowest BCUT2D eigenvalue weighted by Crippen LogP contribution is -2.38. The smallest absolute Gasteiger partial charge is 0.435 e. The van der Waals surface area contributed by atoms with E-state index in [1.807, 2.05) is 0 Å². The molecule has 3 heterocycles. The molecule has 0 radical (unpaired) electrons. The fraction of sp³-hybridized carbons (Fsp3) is 0.429. The summed E-state index contributed by atoms with van der Waals surface area (Å²) in [6, 6.07) is 2.55. The Labute approximate surface area is 135 Å². The van der Waals surface area contributed by atoms with Gasteiger partial charge in [-0.1, -0.05) is 0 Å². The molecule has 0 aromatic carbocycles. The molecule has 24 heavy (non-hydrogen) atoms.